The van der Waals surface area contributed by atoms with Crippen LogP contribution in [0.5, 0.6) is 0 Å². The van der Waals surface area contributed by atoms with Crippen molar-refractivity contribution in [3.05, 3.63) is 21.3 Å². The normalized spacial score (nSPS) is 19.3. The van der Waals surface area contributed by atoms with Crippen LogP contribution in [0.4, 0.5) is 0 Å². The maximum atomic E-state index is 11.0. The zero-order valence-electron chi connectivity index (χ0n) is 7.25. The fourth-order valence-corrected chi connectivity index (χ4v) is 3.00. The standard InChI is InChI=1S/C10H11ClOS/c11-10-6-5-9(13-10)7-1-3-8(12)4-2-7/h5-7H,1-4H2. The molecule has 3 heteroatoms. The second kappa shape index (κ2) is 3.81. The number of rotatable bonds is 1. The van der Waals surface area contributed by atoms with Crippen molar-refractivity contribution in [3.8, 4) is 0 Å². The summed E-state index contributed by atoms with van der Waals surface area (Å²) < 4.78 is 0.854. The summed E-state index contributed by atoms with van der Waals surface area (Å²) in [4.78, 5) is 12.4. The van der Waals surface area contributed by atoms with E-state index in [2.05, 4.69) is 6.07 Å². The van der Waals surface area contributed by atoms with Gasteiger partial charge in [-0.3, -0.25) is 4.79 Å². The highest BCUT2D eigenvalue weighted by atomic mass is 35.5. The number of hydrogen-bond acceptors (Lipinski definition) is 2. The zero-order valence-corrected chi connectivity index (χ0v) is 8.83. The van der Waals surface area contributed by atoms with Crippen LogP contribution in [0, 0.1) is 0 Å². The number of carbonyl (C=O) groups excluding carboxylic acids is 1. The van der Waals surface area contributed by atoms with Crippen molar-refractivity contribution in [3.63, 3.8) is 0 Å². The molecule has 0 bridgehead atoms. The summed E-state index contributed by atoms with van der Waals surface area (Å²) in [6.07, 6.45) is 3.52. The van der Waals surface area contributed by atoms with Gasteiger partial charge in [-0.15, -0.1) is 11.3 Å². The molecule has 1 aromatic heterocycles. The summed E-state index contributed by atoms with van der Waals surface area (Å²) in [6, 6.07) is 4.03. The lowest BCUT2D eigenvalue weighted by molar-refractivity contribution is -0.120. The molecule has 1 saturated carbocycles. The molecule has 1 aliphatic rings. The lowest BCUT2D eigenvalue weighted by atomic mass is 9.87. The van der Waals surface area contributed by atoms with Crippen molar-refractivity contribution < 1.29 is 4.79 Å². The molecule has 13 heavy (non-hydrogen) atoms. The summed E-state index contributed by atoms with van der Waals surface area (Å²) in [5.41, 5.74) is 0. The molecule has 0 aliphatic heterocycles. The molecule has 0 aromatic carbocycles. The summed E-state index contributed by atoms with van der Waals surface area (Å²) in [5, 5.41) is 0. The van der Waals surface area contributed by atoms with Crippen LogP contribution in [0.15, 0.2) is 12.1 Å². The largest absolute Gasteiger partial charge is 0.300 e. The van der Waals surface area contributed by atoms with Crippen LogP contribution >= 0.6 is 22.9 Å². The Bertz CT molecular complexity index is 308. The minimum atomic E-state index is 0.416. The van der Waals surface area contributed by atoms with Gasteiger partial charge in [-0.25, -0.2) is 0 Å². The molecule has 1 aliphatic carbocycles. The minimum absolute atomic E-state index is 0.416. The van der Waals surface area contributed by atoms with Crippen molar-refractivity contribution in [2.24, 2.45) is 0 Å². The first-order chi connectivity index (χ1) is 6.25. The van der Waals surface area contributed by atoms with Gasteiger partial charge < -0.3 is 0 Å². The molecule has 1 heterocycles. The molecule has 0 saturated heterocycles. The fourth-order valence-electron chi connectivity index (χ4n) is 1.77. The van der Waals surface area contributed by atoms with E-state index in [1.165, 1.54) is 4.88 Å². The van der Waals surface area contributed by atoms with Gasteiger partial charge in [-0.05, 0) is 30.9 Å². The summed E-state index contributed by atoms with van der Waals surface area (Å²) >= 11 is 7.51. The van der Waals surface area contributed by atoms with E-state index in [-0.39, 0.29) is 0 Å². The summed E-state index contributed by atoms with van der Waals surface area (Å²) in [7, 11) is 0. The van der Waals surface area contributed by atoms with E-state index >= 15 is 0 Å². The molecule has 0 amide bonds. The maximum Gasteiger partial charge on any atom is 0.132 e. The van der Waals surface area contributed by atoms with Crippen molar-refractivity contribution in [2.45, 2.75) is 31.6 Å². The van der Waals surface area contributed by atoms with Crippen LogP contribution in [-0.2, 0) is 4.79 Å². The van der Waals surface area contributed by atoms with Gasteiger partial charge in [0, 0.05) is 17.7 Å². The van der Waals surface area contributed by atoms with E-state index in [1.54, 1.807) is 11.3 Å². The van der Waals surface area contributed by atoms with E-state index in [4.69, 9.17) is 11.6 Å². The minimum Gasteiger partial charge on any atom is -0.300 e. The van der Waals surface area contributed by atoms with Crippen molar-refractivity contribution in [1.29, 1.82) is 0 Å². The molecule has 1 nitrogen and oxygen atoms in total. The van der Waals surface area contributed by atoms with E-state index in [0.29, 0.717) is 11.7 Å². The van der Waals surface area contributed by atoms with Gasteiger partial charge in [0.25, 0.3) is 0 Å². The third-order valence-electron chi connectivity index (χ3n) is 2.54. The highest BCUT2D eigenvalue weighted by Gasteiger charge is 2.21. The second-order valence-corrected chi connectivity index (χ2v) is 5.20. The number of thiophene rings is 1. The molecule has 70 valence electrons. The van der Waals surface area contributed by atoms with Gasteiger partial charge >= 0.3 is 0 Å². The smallest absolute Gasteiger partial charge is 0.132 e. The molecule has 0 atom stereocenters. The molecule has 0 unspecified atom stereocenters. The first kappa shape index (κ1) is 9.22. The average molecular weight is 215 g/mol. The Labute approximate surface area is 86.7 Å². The maximum absolute atomic E-state index is 11.0. The van der Waals surface area contributed by atoms with Gasteiger partial charge in [0.15, 0.2) is 0 Å². The number of ketones is 1. The molecular formula is C10H11ClOS. The highest BCUT2D eigenvalue weighted by Crippen LogP contribution is 2.36. The Morgan fingerprint density at radius 1 is 1.31 bits per heavy atom. The van der Waals surface area contributed by atoms with Crippen molar-refractivity contribution >= 4 is 28.7 Å². The summed E-state index contributed by atoms with van der Waals surface area (Å²) in [6.45, 7) is 0. The second-order valence-electron chi connectivity index (χ2n) is 3.45. The Morgan fingerprint density at radius 3 is 2.54 bits per heavy atom. The number of Topliss-reactive ketones (excluding diaryl/α,β-unsaturated/α-hetero) is 1. The van der Waals surface area contributed by atoms with Crippen LogP contribution in [0.2, 0.25) is 4.34 Å². The predicted octanol–water partition coefficient (Wildman–Crippen LogP) is 3.63. The SMILES string of the molecule is O=C1CCC(c2ccc(Cl)s2)CC1. The van der Waals surface area contributed by atoms with Gasteiger partial charge in [-0.1, -0.05) is 11.6 Å². The lowest BCUT2D eigenvalue weighted by Gasteiger charge is -2.19. The average Bonchev–Trinajstić information content (AvgIpc) is 2.53. The molecule has 1 fully saturated rings. The quantitative estimate of drug-likeness (QED) is 0.698. The molecule has 2 rings (SSSR count). The van der Waals surface area contributed by atoms with Gasteiger partial charge in [0.1, 0.15) is 5.78 Å². The Hall–Kier alpha value is -0.340. The van der Waals surface area contributed by atoms with Crippen LogP contribution in [0.1, 0.15) is 36.5 Å². The van der Waals surface area contributed by atoms with E-state index < -0.39 is 0 Å². The third kappa shape index (κ3) is 2.12. The Kier molecular flexibility index (Phi) is 2.70. The molecule has 1 aromatic rings. The van der Waals surface area contributed by atoms with E-state index in [9.17, 15) is 4.79 Å². The van der Waals surface area contributed by atoms with Crippen LogP contribution in [0.25, 0.3) is 0 Å². The monoisotopic (exact) mass is 214 g/mol. The predicted molar refractivity (Wildman–Crippen MR) is 55.5 cm³/mol. The van der Waals surface area contributed by atoms with E-state index in [1.807, 2.05) is 6.07 Å². The molecule has 0 N–H and O–H groups in total. The third-order valence-corrected chi connectivity index (χ3v) is 3.93. The van der Waals surface area contributed by atoms with Crippen LogP contribution in [0.3, 0.4) is 0 Å². The van der Waals surface area contributed by atoms with Crippen LogP contribution < -0.4 is 0 Å². The van der Waals surface area contributed by atoms with Gasteiger partial charge in [0.05, 0.1) is 4.34 Å². The van der Waals surface area contributed by atoms with Crippen LogP contribution in [-0.4, -0.2) is 5.78 Å². The van der Waals surface area contributed by atoms with Crippen molar-refractivity contribution in [2.75, 3.05) is 0 Å². The molecular weight excluding hydrogens is 204 g/mol. The van der Waals surface area contributed by atoms with Gasteiger partial charge in [-0.2, -0.15) is 0 Å². The van der Waals surface area contributed by atoms with Crippen molar-refractivity contribution in [1.82, 2.24) is 0 Å². The number of hydrogen-bond donors (Lipinski definition) is 0. The highest BCUT2D eigenvalue weighted by molar-refractivity contribution is 7.16. The molecule has 0 radical (unpaired) electrons. The fraction of sp³-hybridized carbons (Fsp3) is 0.500. The first-order valence-electron chi connectivity index (χ1n) is 4.52. The van der Waals surface area contributed by atoms with E-state index in [0.717, 1.165) is 30.0 Å². The first-order valence-corrected chi connectivity index (χ1v) is 5.72. The number of halogens is 1. The molecule has 0 spiro atoms. The number of carbonyl (C=O) groups is 1. The Balaban J connectivity index is 2.06. The lowest BCUT2D eigenvalue weighted by Crippen LogP contribution is -2.11. The zero-order chi connectivity index (χ0) is 9.26. The topological polar surface area (TPSA) is 17.1 Å². The van der Waals surface area contributed by atoms with Gasteiger partial charge in [0.2, 0.25) is 0 Å². The summed E-state index contributed by atoms with van der Waals surface area (Å²) in [5.74, 6) is 0.995. The Morgan fingerprint density at radius 2 is 2.00 bits per heavy atom.